The van der Waals surface area contributed by atoms with Gasteiger partial charge in [0.15, 0.2) is 5.78 Å². The highest BCUT2D eigenvalue weighted by atomic mass is 16.3. The van der Waals surface area contributed by atoms with E-state index in [1.807, 2.05) is 6.07 Å². The number of ketones is 1. The molecular formula is C10H13NO2. The summed E-state index contributed by atoms with van der Waals surface area (Å²) in [6.45, 7) is 2.97. The van der Waals surface area contributed by atoms with Crippen LogP contribution in [0.25, 0.3) is 0 Å². The number of aromatic nitrogens is 1. The molecule has 0 unspecified atom stereocenters. The lowest BCUT2D eigenvalue weighted by atomic mass is 10.00. The molecule has 1 rings (SSSR count). The zero-order valence-electron chi connectivity index (χ0n) is 7.82. The molecule has 1 N–H and O–H groups in total. The first-order valence-electron chi connectivity index (χ1n) is 4.16. The third-order valence-corrected chi connectivity index (χ3v) is 1.75. The van der Waals surface area contributed by atoms with Crippen LogP contribution < -0.4 is 0 Å². The van der Waals surface area contributed by atoms with Crippen molar-refractivity contribution in [3.05, 3.63) is 30.1 Å². The summed E-state index contributed by atoms with van der Waals surface area (Å²) in [5, 5.41) is 9.37. The minimum Gasteiger partial charge on any atom is -0.383 e. The Hall–Kier alpha value is -1.22. The second-order valence-corrected chi connectivity index (χ2v) is 3.48. The highest BCUT2D eigenvalue weighted by molar-refractivity contribution is 5.87. The predicted octanol–water partition coefficient (Wildman–Crippen LogP) is 0.964. The number of rotatable bonds is 3. The van der Waals surface area contributed by atoms with Crippen molar-refractivity contribution in [1.29, 1.82) is 0 Å². The van der Waals surface area contributed by atoms with Gasteiger partial charge in [-0.15, -0.1) is 0 Å². The average molecular weight is 179 g/mol. The number of aliphatic hydroxyl groups is 1. The van der Waals surface area contributed by atoms with E-state index in [9.17, 15) is 9.90 Å². The lowest BCUT2D eigenvalue weighted by molar-refractivity contribution is -0.133. The van der Waals surface area contributed by atoms with Crippen LogP contribution >= 0.6 is 0 Å². The minimum absolute atomic E-state index is 0.185. The first-order chi connectivity index (χ1) is 6.00. The zero-order chi connectivity index (χ0) is 9.90. The Bertz CT molecular complexity index is 288. The molecule has 0 aliphatic heterocycles. The monoisotopic (exact) mass is 179 g/mol. The highest BCUT2D eigenvalue weighted by Crippen LogP contribution is 2.07. The van der Waals surface area contributed by atoms with Crippen LogP contribution in [0.1, 0.15) is 19.5 Å². The maximum atomic E-state index is 11.3. The maximum Gasteiger partial charge on any atom is 0.169 e. The summed E-state index contributed by atoms with van der Waals surface area (Å²) in [5.74, 6) is -0.216. The molecule has 3 heteroatoms. The lowest BCUT2D eigenvalue weighted by Gasteiger charge is -2.14. The molecule has 3 nitrogen and oxygen atoms in total. The summed E-state index contributed by atoms with van der Waals surface area (Å²) in [7, 11) is 0. The van der Waals surface area contributed by atoms with Gasteiger partial charge in [0.1, 0.15) is 5.60 Å². The molecule has 1 heterocycles. The predicted molar refractivity (Wildman–Crippen MR) is 49.2 cm³/mol. The molecule has 0 saturated heterocycles. The number of hydrogen-bond acceptors (Lipinski definition) is 3. The number of nitrogens with zero attached hydrogens (tertiary/aromatic N) is 1. The van der Waals surface area contributed by atoms with Gasteiger partial charge in [-0.2, -0.15) is 0 Å². The van der Waals surface area contributed by atoms with Gasteiger partial charge in [-0.25, -0.2) is 0 Å². The fraction of sp³-hybridized carbons (Fsp3) is 0.400. The Morgan fingerprint density at radius 3 is 2.69 bits per heavy atom. The lowest BCUT2D eigenvalue weighted by Crippen LogP contribution is -2.32. The van der Waals surface area contributed by atoms with Crippen LogP contribution in [0.2, 0.25) is 0 Å². The first-order valence-corrected chi connectivity index (χ1v) is 4.16. The quantitative estimate of drug-likeness (QED) is 0.752. The molecule has 0 saturated carbocycles. The number of pyridine rings is 1. The van der Waals surface area contributed by atoms with Gasteiger partial charge in [0.25, 0.3) is 0 Å². The average Bonchev–Trinajstić information content (AvgIpc) is 2.04. The molecule has 0 aromatic carbocycles. The third kappa shape index (κ3) is 2.95. The molecule has 13 heavy (non-hydrogen) atoms. The van der Waals surface area contributed by atoms with E-state index in [0.717, 1.165) is 0 Å². The normalized spacial score (nSPS) is 11.3. The summed E-state index contributed by atoms with van der Waals surface area (Å²) in [6, 6.07) is 5.38. The van der Waals surface area contributed by atoms with Gasteiger partial charge < -0.3 is 5.11 Å². The van der Waals surface area contributed by atoms with Gasteiger partial charge in [-0.1, -0.05) is 6.07 Å². The van der Waals surface area contributed by atoms with Crippen LogP contribution in [-0.2, 0) is 11.2 Å². The molecule has 0 atom stereocenters. The van der Waals surface area contributed by atoms with Crippen molar-refractivity contribution < 1.29 is 9.90 Å². The Morgan fingerprint density at radius 2 is 2.23 bits per heavy atom. The van der Waals surface area contributed by atoms with Crippen LogP contribution in [0, 0.1) is 0 Å². The molecule has 70 valence electrons. The molecule has 0 bridgehead atoms. The van der Waals surface area contributed by atoms with Gasteiger partial charge in [0, 0.05) is 11.9 Å². The van der Waals surface area contributed by atoms with E-state index >= 15 is 0 Å². The standard InChI is InChI=1S/C10H13NO2/c1-10(2,13)9(12)7-8-5-3-4-6-11-8/h3-6,13H,7H2,1-2H3. The van der Waals surface area contributed by atoms with E-state index in [1.165, 1.54) is 13.8 Å². The molecule has 0 aliphatic carbocycles. The number of hydrogen-bond donors (Lipinski definition) is 1. The van der Waals surface area contributed by atoms with E-state index in [1.54, 1.807) is 18.3 Å². The van der Waals surface area contributed by atoms with Crippen LogP contribution in [0.4, 0.5) is 0 Å². The van der Waals surface area contributed by atoms with E-state index < -0.39 is 5.60 Å². The summed E-state index contributed by atoms with van der Waals surface area (Å²) in [6.07, 6.45) is 1.82. The number of Topliss-reactive ketones (excluding diaryl/α,β-unsaturated/α-hetero) is 1. The van der Waals surface area contributed by atoms with Gasteiger partial charge in [0.2, 0.25) is 0 Å². The fourth-order valence-electron chi connectivity index (χ4n) is 0.883. The molecule has 0 radical (unpaired) electrons. The van der Waals surface area contributed by atoms with Crippen molar-refractivity contribution in [2.75, 3.05) is 0 Å². The van der Waals surface area contributed by atoms with E-state index in [2.05, 4.69) is 4.98 Å². The Labute approximate surface area is 77.4 Å². The second-order valence-electron chi connectivity index (χ2n) is 3.48. The van der Waals surface area contributed by atoms with Gasteiger partial charge >= 0.3 is 0 Å². The van der Waals surface area contributed by atoms with E-state index in [-0.39, 0.29) is 12.2 Å². The second kappa shape index (κ2) is 3.66. The Morgan fingerprint density at radius 1 is 1.54 bits per heavy atom. The Kier molecular flexibility index (Phi) is 2.78. The van der Waals surface area contributed by atoms with Crippen LogP contribution in [0.15, 0.2) is 24.4 Å². The van der Waals surface area contributed by atoms with Crippen molar-refractivity contribution in [2.45, 2.75) is 25.9 Å². The molecular weight excluding hydrogens is 166 g/mol. The van der Waals surface area contributed by atoms with Crippen LogP contribution in [-0.4, -0.2) is 21.5 Å². The molecule has 0 aliphatic rings. The van der Waals surface area contributed by atoms with Crippen molar-refractivity contribution in [3.63, 3.8) is 0 Å². The van der Waals surface area contributed by atoms with Crippen molar-refractivity contribution in [2.24, 2.45) is 0 Å². The molecule has 1 aromatic heterocycles. The molecule has 1 aromatic rings. The number of carbonyl (C=O) groups is 1. The maximum absolute atomic E-state index is 11.3. The third-order valence-electron chi connectivity index (χ3n) is 1.75. The van der Waals surface area contributed by atoms with E-state index in [0.29, 0.717) is 5.69 Å². The fourth-order valence-corrected chi connectivity index (χ4v) is 0.883. The van der Waals surface area contributed by atoms with Crippen molar-refractivity contribution in [3.8, 4) is 0 Å². The topological polar surface area (TPSA) is 50.2 Å². The summed E-state index contributed by atoms with van der Waals surface area (Å²) >= 11 is 0. The number of carbonyl (C=O) groups excluding carboxylic acids is 1. The molecule has 0 fully saturated rings. The summed E-state index contributed by atoms with van der Waals surface area (Å²) in [5.41, 5.74) is -0.577. The van der Waals surface area contributed by atoms with Crippen molar-refractivity contribution in [1.82, 2.24) is 4.98 Å². The van der Waals surface area contributed by atoms with Crippen molar-refractivity contribution >= 4 is 5.78 Å². The highest BCUT2D eigenvalue weighted by Gasteiger charge is 2.23. The Balaban J connectivity index is 2.66. The summed E-state index contributed by atoms with van der Waals surface area (Å²) < 4.78 is 0. The molecule has 0 spiro atoms. The first kappa shape index (κ1) is 9.86. The molecule has 0 amide bonds. The largest absolute Gasteiger partial charge is 0.383 e. The van der Waals surface area contributed by atoms with Gasteiger partial charge in [-0.3, -0.25) is 9.78 Å². The zero-order valence-corrected chi connectivity index (χ0v) is 7.82. The smallest absolute Gasteiger partial charge is 0.169 e. The van der Waals surface area contributed by atoms with Gasteiger partial charge in [0.05, 0.1) is 6.42 Å². The van der Waals surface area contributed by atoms with Crippen LogP contribution in [0.5, 0.6) is 0 Å². The van der Waals surface area contributed by atoms with Crippen LogP contribution in [0.3, 0.4) is 0 Å². The summed E-state index contributed by atoms with van der Waals surface area (Å²) in [4.78, 5) is 15.3. The van der Waals surface area contributed by atoms with E-state index in [4.69, 9.17) is 0 Å². The SMILES string of the molecule is CC(C)(O)C(=O)Cc1ccccn1. The minimum atomic E-state index is -1.27. The van der Waals surface area contributed by atoms with Gasteiger partial charge in [-0.05, 0) is 26.0 Å².